The van der Waals surface area contributed by atoms with Crippen LogP contribution in [0.2, 0.25) is 0 Å². The van der Waals surface area contributed by atoms with Crippen molar-refractivity contribution < 1.29 is 19.4 Å². The lowest BCUT2D eigenvalue weighted by Crippen LogP contribution is -2.38. The van der Waals surface area contributed by atoms with Crippen molar-refractivity contribution in [2.24, 2.45) is 0 Å². The van der Waals surface area contributed by atoms with E-state index in [1.54, 1.807) is 21.1 Å². The number of amides is 2. The van der Waals surface area contributed by atoms with Crippen LogP contribution in [0.4, 0.5) is 0 Å². The van der Waals surface area contributed by atoms with Crippen LogP contribution in [0, 0.1) is 0 Å². The van der Waals surface area contributed by atoms with Crippen molar-refractivity contribution in [3.05, 3.63) is 0 Å². The highest BCUT2D eigenvalue weighted by Gasteiger charge is 2.13. The largest absolute Gasteiger partial charge is 0.393 e. The first-order valence-corrected chi connectivity index (χ1v) is 6.15. The van der Waals surface area contributed by atoms with Crippen molar-refractivity contribution in [1.82, 2.24) is 10.2 Å². The number of aliphatic hydroxyl groups excluding tert-OH is 1. The average Bonchev–Trinajstić information content (AvgIpc) is 2.31. The van der Waals surface area contributed by atoms with Crippen molar-refractivity contribution in [2.45, 2.75) is 32.3 Å². The fourth-order valence-electron chi connectivity index (χ4n) is 1.33. The highest BCUT2D eigenvalue weighted by molar-refractivity contribution is 5.84. The van der Waals surface area contributed by atoms with E-state index in [0.29, 0.717) is 19.6 Å². The topological polar surface area (TPSA) is 78.9 Å². The molecule has 0 aromatic heterocycles. The molecule has 0 fully saturated rings. The average molecular weight is 260 g/mol. The third-order valence-electron chi connectivity index (χ3n) is 2.43. The molecule has 0 radical (unpaired) electrons. The number of ether oxygens (including phenoxy) is 1. The first-order valence-electron chi connectivity index (χ1n) is 6.15. The highest BCUT2D eigenvalue weighted by Crippen LogP contribution is 1.99. The lowest BCUT2D eigenvalue weighted by molar-refractivity contribution is -0.135. The van der Waals surface area contributed by atoms with Crippen LogP contribution < -0.4 is 5.32 Å². The van der Waals surface area contributed by atoms with E-state index in [1.807, 2.05) is 0 Å². The fraction of sp³-hybridized carbons (Fsp3) is 0.833. The summed E-state index contributed by atoms with van der Waals surface area (Å²) in [5, 5.41) is 11.8. The molecule has 0 spiro atoms. The molecule has 0 heterocycles. The molecular formula is C12H24N2O4. The molecule has 0 aliphatic heterocycles. The van der Waals surface area contributed by atoms with Gasteiger partial charge in [-0.1, -0.05) is 0 Å². The van der Waals surface area contributed by atoms with Gasteiger partial charge >= 0.3 is 0 Å². The van der Waals surface area contributed by atoms with Crippen LogP contribution in [0.25, 0.3) is 0 Å². The summed E-state index contributed by atoms with van der Waals surface area (Å²) < 4.78 is 4.86. The van der Waals surface area contributed by atoms with Crippen LogP contribution in [-0.2, 0) is 14.3 Å². The molecule has 0 aliphatic carbocycles. The maximum atomic E-state index is 11.6. The maximum absolute atomic E-state index is 11.6. The monoisotopic (exact) mass is 260 g/mol. The molecule has 106 valence electrons. The van der Waals surface area contributed by atoms with Gasteiger partial charge in [0.1, 0.15) is 0 Å². The predicted octanol–water partition coefficient (Wildman–Crippen LogP) is -0.241. The van der Waals surface area contributed by atoms with Crippen molar-refractivity contribution in [1.29, 1.82) is 0 Å². The molecule has 0 rings (SSSR count). The second-order valence-electron chi connectivity index (χ2n) is 4.33. The van der Waals surface area contributed by atoms with E-state index in [4.69, 9.17) is 9.84 Å². The van der Waals surface area contributed by atoms with Gasteiger partial charge in [-0.25, -0.2) is 0 Å². The van der Waals surface area contributed by atoms with Crippen molar-refractivity contribution in [2.75, 3.05) is 33.9 Å². The molecule has 1 unspecified atom stereocenters. The second kappa shape index (κ2) is 9.85. The Balaban J connectivity index is 3.74. The molecule has 0 aliphatic rings. The van der Waals surface area contributed by atoms with Gasteiger partial charge in [-0.2, -0.15) is 0 Å². The number of rotatable bonds is 9. The number of nitrogens with one attached hydrogen (secondary N) is 1. The van der Waals surface area contributed by atoms with Gasteiger partial charge < -0.3 is 20.1 Å². The molecule has 0 bridgehead atoms. The minimum absolute atomic E-state index is 0.0472. The quantitative estimate of drug-likeness (QED) is 0.561. The van der Waals surface area contributed by atoms with Gasteiger partial charge in [0.2, 0.25) is 11.8 Å². The minimum atomic E-state index is -0.495. The Labute approximate surface area is 108 Å². The molecule has 2 amide bonds. The molecule has 1 atom stereocenters. The Morgan fingerprint density at radius 1 is 1.44 bits per heavy atom. The van der Waals surface area contributed by atoms with E-state index < -0.39 is 6.10 Å². The van der Waals surface area contributed by atoms with Gasteiger partial charge in [0, 0.05) is 33.7 Å². The summed E-state index contributed by atoms with van der Waals surface area (Å²) in [6.45, 7) is 2.83. The van der Waals surface area contributed by atoms with E-state index in [0.717, 1.165) is 6.42 Å². The van der Waals surface area contributed by atoms with Gasteiger partial charge in [-0.15, -0.1) is 0 Å². The van der Waals surface area contributed by atoms with Crippen molar-refractivity contribution >= 4 is 11.8 Å². The summed E-state index contributed by atoms with van der Waals surface area (Å²) in [5.41, 5.74) is 0. The zero-order valence-corrected chi connectivity index (χ0v) is 11.4. The fourth-order valence-corrected chi connectivity index (χ4v) is 1.33. The third kappa shape index (κ3) is 8.95. The lowest BCUT2D eigenvalue weighted by atomic mass is 10.2. The molecule has 0 aromatic carbocycles. The van der Waals surface area contributed by atoms with Gasteiger partial charge in [0.05, 0.1) is 12.6 Å². The first kappa shape index (κ1) is 16.9. The van der Waals surface area contributed by atoms with Gasteiger partial charge in [0.15, 0.2) is 0 Å². The Hall–Kier alpha value is -1.14. The SMILES string of the molecule is COCCCNC(=O)CN(C)C(=O)CCC(C)O. The third-order valence-corrected chi connectivity index (χ3v) is 2.43. The zero-order chi connectivity index (χ0) is 14.0. The minimum Gasteiger partial charge on any atom is -0.393 e. The molecule has 18 heavy (non-hydrogen) atoms. The Kier molecular flexibility index (Phi) is 9.22. The van der Waals surface area contributed by atoms with E-state index in [1.165, 1.54) is 4.90 Å². The summed E-state index contributed by atoms with van der Waals surface area (Å²) in [4.78, 5) is 24.4. The van der Waals surface area contributed by atoms with Crippen molar-refractivity contribution in [3.63, 3.8) is 0 Å². The summed E-state index contributed by atoms with van der Waals surface area (Å²) in [6, 6.07) is 0. The molecular weight excluding hydrogens is 236 g/mol. The summed E-state index contributed by atoms with van der Waals surface area (Å²) >= 11 is 0. The maximum Gasteiger partial charge on any atom is 0.239 e. The summed E-state index contributed by atoms with van der Waals surface area (Å²) in [7, 11) is 3.19. The van der Waals surface area contributed by atoms with Crippen LogP contribution in [0.3, 0.4) is 0 Å². The lowest BCUT2D eigenvalue weighted by Gasteiger charge is -2.17. The molecule has 0 aromatic rings. The van der Waals surface area contributed by atoms with Gasteiger partial charge in [0.25, 0.3) is 0 Å². The number of hydrogen-bond acceptors (Lipinski definition) is 4. The number of methoxy groups -OCH3 is 1. The highest BCUT2D eigenvalue weighted by atomic mass is 16.5. The predicted molar refractivity (Wildman–Crippen MR) is 68.1 cm³/mol. The normalized spacial score (nSPS) is 12.0. The number of carbonyl (C=O) groups excluding carboxylic acids is 2. The van der Waals surface area contributed by atoms with Crippen LogP contribution in [-0.4, -0.2) is 61.8 Å². The van der Waals surface area contributed by atoms with E-state index in [-0.39, 0.29) is 24.8 Å². The molecule has 2 N–H and O–H groups in total. The van der Waals surface area contributed by atoms with Crippen molar-refractivity contribution in [3.8, 4) is 0 Å². The van der Waals surface area contributed by atoms with E-state index in [9.17, 15) is 9.59 Å². The van der Waals surface area contributed by atoms with Gasteiger partial charge in [-0.05, 0) is 19.8 Å². The van der Waals surface area contributed by atoms with Gasteiger partial charge in [-0.3, -0.25) is 9.59 Å². The number of likely N-dealkylation sites (N-methyl/N-ethyl adjacent to an activating group) is 1. The van der Waals surface area contributed by atoms with Crippen LogP contribution in [0.5, 0.6) is 0 Å². The molecule has 0 saturated carbocycles. The van der Waals surface area contributed by atoms with Crippen LogP contribution in [0.15, 0.2) is 0 Å². The summed E-state index contributed by atoms with van der Waals surface area (Å²) in [5.74, 6) is -0.318. The van der Waals surface area contributed by atoms with E-state index in [2.05, 4.69) is 5.32 Å². The number of carbonyl (C=O) groups is 2. The number of hydrogen-bond donors (Lipinski definition) is 2. The first-order chi connectivity index (χ1) is 8.47. The smallest absolute Gasteiger partial charge is 0.239 e. The number of aliphatic hydroxyl groups is 1. The Bertz CT molecular complexity index is 256. The Morgan fingerprint density at radius 2 is 2.11 bits per heavy atom. The molecule has 6 nitrogen and oxygen atoms in total. The standard InChI is InChI=1S/C12H24N2O4/c1-10(15)5-6-12(17)14(2)9-11(16)13-7-4-8-18-3/h10,15H,4-9H2,1-3H3,(H,13,16). The molecule has 6 heteroatoms. The second-order valence-corrected chi connectivity index (χ2v) is 4.33. The Morgan fingerprint density at radius 3 is 2.67 bits per heavy atom. The summed E-state index contributed by atoms with van der Waals surface area (Å²) in [6.07, 6.45) is 0.927. The van der Waals surface area contributed by atoms with E-state index >= 15 is 0 Å². The zero-order valence-electron chi connectivity index (χ0n) is 11.4. The van der Waals surface area contributed by atoms with Crippen LogP contribution >= 0.6 is 0 Å². The molecule has 0 saturated heterocycles. The van der Waals surface area contributed by atoms with Crippen LogP contribution in [0.1, 0.15) is 26.2 Å². The number of nitrogens with zero attached hydrogens (tertiary/aromatic N) is 1.